The van der Waals surface area contributed by atoms with Crippen LogP contribution in [0.15, 0.2) is 0 Å². The average molecular weight is 232 g/mol. The highest BCUT2D eigenvalue weighted by molar-refractivity contribution is 4.45. The van der Waals surface area contributed by atoms with Crippen LogP contribution in [0.1, 0.15) is 75.2 Å². The molecule has 1 heteroatoms. The maximum Gasteiger partial charge on any atom is 0.0518 e. The van der Waals surface area contributed by atoms with E-state index in [0.717, 1.165) is 18.4 Å². The predicted octanol–water partition coefficient (Wildman–Crippen LogP) is 5.54. The summed E-state index contributed by atoms with van der Waals surface area (Å²) in [7, 11) is 0. The second-order valence-electron chi connectivity index (χ2n) is 5.19. The summed E-state index contributed by atoms with van der Waals surface area (Å²) in [6.07, 6.45) is 2.88. The Balaban J connectivity index is -0.000000237. The zero-order valence-electron chi connectivity index (χ0n) is 13.3. The number of hydrogen-bond acceptors (Lipinski definition) is 1. The van der Waals surface area contributed by atoms with E-state index >= 15 is 0 Å². The van der Waals surface area contributed by atoms with Gasteiger partial charge in [0.15, 0.2) is 0 Å². The molecule has 0 aliphatic rings. The fraction of sp³-hybridized carbons (Fsp3) is 1.00. The molecule has 0 aliphatic carbocycles. The Bertz CT molecular complexity index is 82.9. The molecule has 0 atom stereocenters. The monoisotopic (exact) mass is 232 g/mol. The molecule has 0 radical (unpaired) electrons. The molecule has 0 heterocycles. The van der Waals surface area contributed by atoms with Crippen LogP contribution in [0.25, 0.3) is 0 Å². The minimum atomic E-state index is 0.396. The SMILES string of the molecule is CC.CC(C)C.CC(C)CCCOC(C)C. The number of rotatable bonds is 5. The van der Waals surface area contributed by atoms with Crippen LogP contribution in [-0.2, 0) is 4.74 Å². The molecule has 102 valence electrons. The third kappa shape index (κ3) is 48.4. The van der Waals surface area contributed by atoms with Crippen molar-refractivity contribution in [3.8, 4) is 0 Å². The maximum atomic E-state index is 5.39. The largest absolute Gasteiger partial charge is 0.379 e. The van der Waals surface area contributed by atoms with E-state index in [1.807, 2.05) is 13.8 Å². The van der Waals surface area contributed by atoms with Crippen molar-refractivity contribution in [2.24, 2.45) is 11.8 Å². The first-order valence-corrected chi connectivity index (χ1v) is 6.97. The zero-order chi connectivity index (χ0) is 13.6. The van der Waals surface area contributed by atoms with E-state index in [-0.39, 0.29) is 0 Å². The molecule has 1 nitrogen and oxygen atoms in total. The van der Waals surface area contributed by atoms with E-state index in [1.54, 1.807) is 0 Å². The smallest absolute Gasteiger partial charge is 0.0518 e. The Morgan fingerprint density at radius 2 is 1.19 bits per heavy atom. The molecule has 0 aromatic carbocycles. The Hall–Kier alpha value is -0.0400. The van der Waals surface area contributed by atoms with Gasteiger partial charge in [-0.3, -0.25) is 0 Å². The topological polar surface area (TPSA) is 9.23 Å². The lowest BCUT2D eigenvalue weighted by atomic mass is 10.1. The average Bonchev–Trinajstić information content (AvgIpc) is 2.14. The molecule has 0 N–H and O–H groups in total. The van der Waals surface area contributed by atoms with Crippen LogP contribution in [0.5, 0.6) is 0 Å². The Morgan fingerprint density at radius 3 is 1.44 bits per heavy atom. The highest BCUT2D eigenvalue weighted by Crippen LogP contribution is 2.03. The Labute approximate surface area is 105 Å². The Morgan fingerprint density at radius 1 is 0.812 bits per heavy atom. The van der Waals surface area contributed by atoms with Gasteiger partial charge in [0, 0.05) is 6.61 Å². The van der Waals surface area contributed by atoms with Crippen LogP contribution in [0.3, 0.4) is 0 Å². The second kappa shape index (κ2) is 17.4. The van der Waals surface area contributed by atoms with Gasteiger partial charge in [-0.05, 0) is 38.5 Å². The summed E-state index contributed by atoms with van der Waals surface area (Å²) in [6.45, 7) is 20.1. The van der Waals surface area contributed by atoms with Gasteiger partial charge < -0.3 is 4.74 Å². The molecule has 16 heavy (non-hydrogen) atoms. The van der Waals surface area contributed by atoms with Gasteiger partial charge in [-0.15, -0.1) is 0 Å². The van der Waals surface area contributed by atoms with Gasteiger partial charge in [-0.25, -0.2) is 0 Å². The minimum Gasteiger partial charge on any atom is -0.379 e. The van der Waals surface area contributed by atoms with E-state index in [0.29, 0.717) is 6.10 Å². The molecule has 0 unspecified atom stereocenters. The van der Waals surface area contributed by atoms with Crippen molar-refractivity contribution in [1.29, 1.82) is 0 Å². The molecule has 0 aliphatic heterocycles. The van der Waals surface area contributed by atoms with Gasteiger partial charge in [0.25, 0.3) is 0 Å². The summed E-state index contributed by atoms with van der Waals surface area (Å²) in [6, 6.07) is 0. The molecular weight excluding hydrogens is 196 g/mol. The van der Waals surface area contributed by atoms with Gasteiger partial charge in [0.1, 0.15) is 0 Å². The van der Waals surface area contributed by atoms with E-state index in [1.165, 1.54) is 12.8 Å². The lowest BCUT2D eigenvalue weighted by Gasteiger charge is -2.07. The summed E-state index contributed by atoms with van der Waals surface area (Å²) in [5.74, 6) is 1.65. The highest BCUT2D eigenvalue weighted by atomic mass is 16.5. The summed E-state index contributed by atoms with van der Waals surface area (Å²) in [5, 5.41) is 0. The number of ether oxygens (including phenoxy) is 1. The van der Waals surface area contributed by atoms with Crippen molar-refractivity contribution < 1.29 is 4.74 Å². The van der Waals surface area contributed by atoms with Crippen molar-refractivity contribution in [3.63, 3.8) is 0 Å². The minimum absolute atomic E-state index is 0.396. The summed E-state index contributed by atoms with van der Waals surface area (Å²) >= 11 is 0. The van der Waals surface area contributed by atoms with Crippen LogP contribution in [0.4, 0.5) is 0 Å². The fourth-order valence-electron chi connectivity index (χ4n) is 0.811. The lowest BCUT2D eigenvalue weighted by molar-refractivity contribution is 0.0743. The van der Waals surface area contributed by atoms with Crippen molar-refractivity contribution in [3.05, 3.63) is 0 Å². The van der Waals surface area contributed by atoms with Crippen molar-refractivity contribution in [2.45, 2.75) is 81.3 Å². The summed E-state index contributed by atoms with van der Waals surface area (Å²) < 4.78 is 5.39. The van der Waals surface area contributed by atoms with Crippen molar-refractivity contribution in [1.82, 2.24) is 0 Å². The third-order valence-corrected chi connectivity index (χ3v) is 1.38. The van der Waals surface area contributed by atoms with E-state index in [2.05, 4.69) is 48.5 Å². The highest BCUT2D eigenvalue weighted by Gasteiger charge is 1.95. The van der Waals surface area contributed by atoms with E-state index < -0.39 is 0 Å². The maximum absolute atomic E-state index is 5.39. The normalized spacial score (nSPS) is 9.75. The number of hydrogen-bond donors (Lipinski definition) is 0. The summed E-state index contributed by atoms with van der Waals surface area (Å²) in [5.41, 5.74) is 0. The third-order valence-electron chi connectivity index (χ3n) is 1.38. The first-order valence-electron chi connectivity index (χ1n) is 6.97. The molecule has 0 aromatic rings. The molecule has 0 aromatic heterocycles. The van der Waals surface area contributed by atoms with Gasteiger partial charge in [-0.1, -0.05) is 48.5 Å². The van der Waals surface area contributed by atoms with E-state index in [9.17, 15) is 0 Å². The quantitative estimate of drug-likeness (QED) is 0.566. The molecule has 0 amide bonds. The fourth-order valence-corrected chi connectivity index (χ4v) is 0.811. The second-order valence-corrected chi connectivity index (χ2v) is 5.19. The molecule has 0 spiro atoms. The first-order chi connectivity index (χ1) is 7.36. The van der Waals surface area contributed by atoms with Gasteiger partial charge in [0.2, 0.25) is 0 Å². The standard InChI is InChI=1S/C9H20O.C4H10.C2H6/c1-8(2)6-5-7-10-9(3)4;1-4(2)3;1-2/h8-9H,5-7H2,1-4H3;4H,1-3H3;1-2H3. The zero-order valence-corrected chi connectivity index (χ0v) is 13.3. The molecule has 0 fully saturated rings. The van der Waals surface area contributed by atoms with Crippen molar-refractivity contribution >= 4 is 0 Å². The van der Waals surface area contributed by atoms with E-state index in [4.69, 9.17) is 4.74 Å². The molecule has 0 rings (SSSR count). The lowest BCUT2D eigenvalue weighted by Crippen LogP contribution is -2.04. The van der Waals surface area contributed by atoms with Crippen LogP contribution >= 0.6 is 0 Å². The molecular formula is C15H36O. The van der Waals surface area contributed by atoms with Gasteiger partial charge >= 0.3 is 0 Å². The Kier molecular flexibility index (Phi) is 23.1. The summed E-state index contributed by atoms with van der Waals surface area (Å²) in [4.78, 5) is 0. The van der Waals surface area contributed by atoms with Crippen LogP contribution < -0.4 is 0 Å². The molecule has 0 bridgehead atoms. The van der Waals surface area contributed by atoms with Gasteiger partial charge in [0.05, 0.1) is 6.10 Å². The van der Waals surface area contributed by atoms with Gasteiger partial charge in [-0.2, -0.15) is 0 Å². The molecule has 0 saturated heterocycles. The predicted molar refractivity (Wildman–Crippen MR) is 77.0 cm³/mol. The van der Waals surface area contributed by atoms with Crippen LogP contribution in [-0.4, -0.2) is 12.7 Å². The molecule has 0 saturated carbocycles. The first kappa shape index (κ1) is 21.3. The van der Waals surface area contributed by atoms with Crippen LogP contribution in [0, 0.1) is 11.8 Å². The van der Waals surface area contributed by atoms with Crippen LogP contribution in [0.2, 0.25) is 0 Å². The van der Waals surface area contributed by atoms with Crippen molar-refractivity contribution in [2.75, 3.05) is 6.61 Å².